The molecule has 0 atom stereocenters. The molecular weight excluding hydrogens is 1100 g/mol. The van der Waals surface area contributed by atoms with Crippen LogP contribution in [0.3, 0.4) is 0 Å². The summed E-state index contributed by atoms with van der Waals surface area (Å²) in [7, 11) is 0. The Kier molecular flexibility index (Phi) is 14.6. The van der Waals surface area contributed by atoms with E-state index in [9.17, 15) is 5.76 Å². The molecule has 2 aliphatic carbocycles. The summed E-state index contributed by atoms with van der Waals surface area (Å²) in [4.78, 5) is 9.76. The van der Waals surface area contributed by atoms with E-state index in [1.165, 1.54) is 96.1 Å². The zero-order valence-electron chi connectivity index (χ0n) is 45.5. The van der Waals surface area contributed by atoms with Crippen LogP contribution >= 0.6 is 0 Å². The topological polar surface area (TPSA) is 43.9 Å². The number of pyridine rings is 1. The van der Waals surface area contributed by atoms with Crippen LogP contribution in [-0.4, -0.2) is 14.5 Å². The predicted octanol–water partition coefficient (Wildman–Crippen LogP) is 19.6. The number of hydrogen-bond donors (Lipinski definition) is 0. The van der Waals surface area contributed by atoms with Gasteiger partial charge in [-0.25, -0.2) is 0 Å². The number of nitrogens with zero attached hydrogens (tertiary/aromatic N) is 3. The molecule has 75 heavy (non-hydrogen) atoms. The van der Waals surface area contributed by atoms with Gasteiger partial charge < -0.3 is 14.0 Å². The first-order chi connectivity index (χ1) is 36.2. The summed E-state index contributed by atoms with van der Waals surface area (Å²) in [5.74, 6) is 0.557. The summed E-state index contributed by atoms with van der Waals surface area (Å²) in [5.41, 5.74) is 17.6. The number of hydrogen-bond acceptors (Lipinski definition) is 3. The van der Waals surface area contributed by atoms with Gasteiger partial charge in [0.25, 0.3) is 0 Å². The standard InChI is InChI=1S/C54H53N2O.C15H15FN.Ir/c1-35(2)46-32-42(39-22-20-38(21-23-39)40-26-30-54(31-27-40)28-11-6-12-29-54)33-47(36(3)4)51(46)56-49-19-10-9-18-48(49)55-53(56)45-17-13-16-44-43-25-24-41(34-50(43)57-52(44)45)37-14-7-5-8-15-37;1-15(2,3)12-6-9-14(17-10-12)11-4-7-13(16)8-5-11;/h5,7-10,13-16,18-25,32-36,40H,6,11-12,26-31H2,1-4H3;4,6-10H,1-3H3;/q2*-1;/i40D;;. The Hall–Kier alpha value is -6.46. The van der Waals surface area contributed by atoms with E-state index in [-0.39, 0.29) is 43.2 Å². The molecule has 0 aliphatic heterocycles. The molecule has 4 nitrogen and oxygen atoms in total. The molecule has 0 saturated heterocycles. The smallest absolute Gasteiger partial charge is 0.121 e. The minimum absolute atomic E-state index is 0. The monoisotopic (exact) mass is 1170 g/mol. The summed E-state index contributed by atoms with van der Waals surface area (Å²) in [6, 6.07) is 58.4. The Balaban J connectivity index is 0.000000311. The maximum Gasteiger partial charge on any atom is 0.121 e. The summed E-state index contributed by atoms with van der Waals surface area (Å²) >= 11 is 0. The Morgan fingerprint density at radius 3 is 2.03 bits per heavy atom. The van der Waals surface area contributed by atoms with E-state index in [1.807, 2.05) is 24.4 Å². The van der Waals surface area contributed by atoms with Crippen molar-refractivity contribution in [1.82, 2.24) is 14.5 Å². The second kappa shape index (κ2) is 21.6. The van der Waals surface area contributed by atoms with Crippen LogP contribution in [0.5, 0.6) is 0 Å². The van der Waals surface area contributed by atoms with Crippen LogP contribution in [-0.2, 0) is 25.5 Å². The summed E-state index contributed by atoms with van der Waals surface area (Å²) in [6.07, 6.45) is 13.1. The maximum absolute atomic E-state index is 12.8. The summed E-state index contributed by atoms with van der Waals surface area (Å²) in [6.45, 7) is 15.7. The molecule has 1 spiro atoms. The van der Waals surface area contributed by atoms with Crippen LogP contribution in [0.15, 0.2) is 162 Å². The third kappa shape index (κ3) is 10.6. The molecule has 0 N–H and O–H groups in total. The molecule has 0 amide bonds. The van der Waals surface area contributed by atoms with E-state index in [0.29, 0.717) is 5.41 Å². The number of fused-ring (bicyclic) bond motifs is 4. The third-order valence-corrected chi connectivity index (χ3v) is 16.1. The van der Waals surface area contributed by atoms with Gasteiger partial charge in [0, 0.05) is 44.6 Å². The van der Waals surface area contributed by atoms with Gasteiger partial charge >= 0.3 is 0 Å². The van der Waals surface area contributed by atoms with Crippen LogP contribution in [0.25, 0.3) is 83.6 Å². The minimum Gasteiger partial charge on any atom is -0.501 e. The fraction of sp³-hybridized carbons (Fsp3) is 0.304. The molecule has 1 radical (unpaired) electrons. The van der Waals surface area contributed by atoms with Gasteiger partial charge in [-0.15, -0.1) is 48.0 Å². The molecule has 7 aromatic carbocycles. The van der Waals surface area contributed by atoms with Crippen LogP contribution < -0.4 is 0 Å². The number of benzene rings is 7. The Bertz CT molecular complexity index is 3600. The molecule has 2 saturated carbocycles. The number of aromatic nitrogens is 3. The van der Waals surface area contributed by atoms with Crippen molar-refractivity contribution in [2.24, 2.45) is 5.41 Å². The van der Waals surface area contributed by atoms with Gasteiger partial charge in [-0.1, -0.05) is 170 Å². The van der Waals surface area contributed by atoms with Crippen molar-refractivity contribution in [1.29, 1.82) is 0 Å². The maximum atomic E-state index is 12.8. The molecular formula is C69H68FIrN3O-2. The number of furan rings is 1. The summed E-state index contributed by atoms with van der Waals surface area (Å²) in [5, 5.41) is 2.15. The van der Waals surface area contributed by atoms with Crippen molar-refractivity contribution in [3.8, 4) is 50.6 Å². The molecule has 2 fully saturated rings. The van der Waals surface area contributed by atoms with Gasteiger partial charge in [-0.3, -0.25) is 9.37 Å². The average Bonchev–Trinajstić information content (AvgIpc) is 4.03. The van der Waals surface area contributed by atoms with Gasteiger partial charge in [0.1, 0.15) is 5.58 Å². The van der Waals surface area contributed by atoms with E-state index in [2.05, 4.69) is 185 Å². The molecule has 0 bridgehead atoms. The number of imidazole rings is 1. The predicted molar refractivity (Wildman–Crippen MR) is 306 cm³/mol. The van der Waals surface area contributed by atoms with Crippen molar-refractivity contribution in [2.75, 3.05) is 0 Å². The number of para-hydroxylation sites is 2. The molecule has 0 unspecified atom stereocenters. The van der Waals surface area contributed by atoms with Crippen molar-refractivity contribution < 1.29 is 30.3 Å². The van der Waals surface area contributed by atoms with E-state index in [0.717, 1.165) is 79.6 Å². The van der Waals surface area contributed by atoms with Crippen molar-refractivity contribution >= 4 is 33.0 Å². The molecule has 3 heterocycles. The second-order valence-electron chi connectivity index (χ2n) is 22.7. The Morgan fingerprint density at radius 2 is 1.37 bits per heavy atom. The van der Waals surface area contributed by atoms with E-state index < -0.39 is 5.89 Å². The van der Waals surface area contributed by atoms with Crippen molar-refractivity contribution in [2.45, 2.75) is 129 Å². The Labute approximate surface area is 458 Å². The van der Waals surface area contributed by atoms with Gasteiger partial charge in [-0.2, -0.15) is 0 Å². The first-order valence-electron chi connectivity index (χ1n) is 27.5. The van der Waals surface area contributed by atoms with E-state index in [1.54, 1.807) is 6.07 Å². The molecule has 6 heteroatoms. The molecule has 3 aromatic heterocycles. The molecule has 12 rings (SSSR count). The van der Waals surface area contributed by atoms with E-state index in [4.69, 9.17) is 9.40 Å². The fourth-order valence-electron chi connectivity index (χ4n) is 11.8. The minimum atomic E-state index is -0.486. The number of rotatable bonds is 8. The normalized spacial score (nSPS) is 15.5. The number of halogens is 1. The zero-order chi connectivity index (χ0) is 52.1. The average molecular weight is 1170 g/mol. The third-order valence-electron chi connectivity index (χ3n) is 16.1. The molecule has 10 aromatic rings. The summed E-state index contributed by atoms with van der Waals surface area (Å²) < 4.78 is 31.6. The second-order valence-corrected chi connectivity index (χ2v) is 22.7. The Morgan fingerprint density at radius 1 is 0.693 bits per heavy atom. The molecule has 2 aliphatic rings. The van der Waals surface area contributed by atoms with Gasteiger partial charge in [0.15, 0.2) is 0 Å². The van der Waals surface area contributed by atoms with E-state index >= 15 is 0 Å². The first kappa shape index (κ1) is 50.7. The zero-order valence-corrected chi connectivity index (χ0v) is 46.9. The quantitative estimate of drug-likeness (QED) is 0.142. The van der Waals surface area contributed by atoms with Gasteiger partial charge in [0.2, 0.25) is 0 Å². The van der Waals surface area contributed by atoms with Gasteiger partial charge in [-0.05, 0) is 148 Å². The fourth-order valence-corrected chi connectivity index (χ4v) is 11.8. The van der Waals surface area contributed by atoms with Crippen molar-refractivity contribution in [3.05, 3.63) is 198 Å². The largest absolute Gasteiger partial charge is 0.501 e. The SMILES string of the molecule is CC(C)(C)c1ccc(-c2[c-]cc(F)cc2)nc1.[2H]C1(c2ccc(-c3cc(C(C)C)c(-n4c(-c5[c-]ccc6c5oc5cc(-c7ccccc7)ccc56)nc5ccccc54)c(C(C)C)c3)cc2)CCC2(CCCCC2)CC1.[Ir]. The van der Waals surface area contributed by atoms with Crippen molar-refractivity contribution in [3.63, 3.8) is 0 Å². The van der Waals surface area contributed by atoms with Crippen LogP contribution in [0.1, 0.15) is 148 Å². The van der Waals surface area contributed by atoms with Crippen LogP contribution in [0.4, 0.5) is 4.39 Å². The molecule has 383 valence electrons. The van der Waals surface area contributed by atoms with Gasteiger partial charge in [0.05, 0.1) is 22.4 Å². The van der Waals surface area contributed by atoms with Crippen LogP contribution in [0, 0.1) is 23.4 Å². The van der Waals surface area contributed by atoms with Crippen LogP contribution in [0.2, 0.25) is 0 Å². The first-order valence-corrected chi connectivity index (χ1v) is 27.0.